The van der Waals surface area contributed by atoms with Gasteiger partial charge in [0.2, 0.25) is 0 Å². The summed E-state index contributed by atoms with van der Waals surface area (Å²) in [5.74, 6) is -0.451. The second-order valence-electron chi connectivity index (χ2n) is 5.79. The summed E-state index contributed by atoms with van der Waals surface area (Å²) in [4.78, 5) is 33.9. The molecule has 2 heterocycles. The molecule has 0 aliphatic carbocycles. The van der Waals surface area contributed by atoms with Crippen molar-refractivity contribution in [1.82, 2.24) is 14.9 Å². The number of hydrogen-bond donors (Lipinski definition) is 0. The van der Waals surface area contributed by atoms with Crippen molar-refractivity contribution >= 4 is 23.6 Å². The maximum Gasteiger partial charge on any atom is 0.308 e. The highest BCUT2D eigenvalue weighted by atomic mass is 32.2. The van der Waals surface area contributed by atoms with E-state index < -0.39 is 5.60 Å². The molecule has 1 aliphatic heterocycles. The van der Waals surface area contributed by atoms with Crippen LogP contribution in [0.2, 0.25) is 0 Å². The predicted molar refractivity (Wildman–Crippen MR) is 79.0 cm³/mol. The number of fused-ring (bicyclic) bond motifs is 1. The Morgan fingerprint density at radius 3 is 2.81 bits per heavy atom. The van der Waals surface area contributed by atoms with Gasteiger partial charge in [0.05, 0.1) is 6.42 Å². The summed E-state index contributed by atoms with van der Waals surface area (Å²) in [5.41, 5.74) is 0.744. The highest BCUT2D eigenvalue weighted by Gasteiger charge is 2.30. The van der Waals surface area contributed by atoms with E-state index in [0.29, 0.717) is 23.9 Å². The van der Waals surface area contributed by atoms with Gasteiger partial charge in [-0.15, -0.1) is 0 Å². The van der Waals surface area contributed by atoms with Crippen molar-refractivity contribution in [2.45, 2.75) is 44.5 Å². The fraction of sp³-hybridized carbons (Fsp3) is 0.571. The summed E-state index contributed by atoms with van der Waals surface area (Å²) < 4.78 is 5.24. The molecule has 0 N–H and O–H groups in total. The molecule has 0 unspecified atom stereocenters. The van der Waals surface area contributed by atoms with Crippen LogP contribution in [0.25, 0.3) is 0 Å². The number of rotatable bonds is 4. The highest BCUT2D eigenvalue weighted by molar-refractivity contribution is 7.98. The van der Waals surface area contributed by atoms with E-state index in [1.807, 2.05) is 27.0 Å². The molecule has 1 aromatic rings. The van der Waals surface area contributed by atoms with E-state index in [4.69, 9.17) is 4.74 Å². The lowest BCUT2D eigenvalue weighted by Gasteiger charge is -2.21. The number of amides is 1. The fourth-order valence-corrected chi connectivity index (χ4v) is 2.36. The second-order valence-corrected chi connectivity index (χ2v) is 6.57. The summed E-state index contributed by atoms with van der Waals surface area (Å²) in [7, 11) is 0. The first-order valence-electron chi connectivity index (χ1n) is 6.71. The molecule has 1 aliphatic rings. The first-order valence-corrected chi connectivity index (χ1v) is 7.93. The zero-order valence-electron chi connectivity index (χ0n) is 12.7. The highest BCUT2D eigenvalue weighted by Crippen LogP contribution is 2.22. The molecule has 6 nitrogen and oxygen atoms in total. The molecule has 1 amide bonds. The van der Waals surface area contributed by atoms with Crippen LogP contribution in [-0.2, 0) is 16.1 Å². The van der Waals surface area contributed by atoms with Crippen molar-refractivity contribution in [2.24, 2.45) is 0 Å². The van der Waals surface area contributed by atoms with Crippen molar-refractivity contribution in [1.29, 1.82) is 0 Å². The predicted octanol–water partition coefficient (Wildman–Crippen LogP) is 1.89. The number of aromatic nitrogens is 2. The molecular weight excluding hydrogens is 290 g/mol. The lowest BCUT2D eigenvalue weighted by atomic mass is 10.2. The van der Waals surface area contributed by atoms with Gasteiger partial charge in [-0.2, -0.15) is 0 Å². The molecule has 0 spiro atoms. The average Bonchev–Trinajstić information content (AvgIpc) is 2.71. The van der Waals surface area contributed by atoms with Gasteiger partial charge in [0.15, 0.2) is 5.16 Å². The Bertz CT molecular complexity index is 569. The van der Waals surface area contributed by atoms with Gasteiger partial charge in [0.25, 0.3) is 5.91 Å². The van der Waals surface area contributed by atoms with Crippen molar-refractivity contribution in [3.05, 3.63) is 17.5 Å². The zero-order chi connectivity index (χ0) is 15.6. The number of carbonyl (C=O) groups excluding carboxylic acids is 2. The Kier molecular flexibility index (Phi) is 4.51. The molecule has 0 radical (unpaired) electrons. The number of thioether (sulfide) groups is 1. The lowest BCUT2D eigenvalue weighted by molar-refractivity contribution is -0.155. The van der Waals surface area contributed by atoms with Gasteiger partial charge in [-0.05, 0) is 27.0 Å². The third-order valence-electron chi connectivity index (χ3n) is 2.88. The normalized spacial score (nSPS) is 14.3. The van der Waals surface area contributed by atoms with Gasteiger partial charge in [-0.3, -0.25) is 9.59 Å². The Hall–Kier alpha value is -1.63. The van der Waals surface area contributed by atoms with Crippen LogP contribution in [0.5, 0.6) is 0 Å². The maximum absolute atomic E-state index is 12.2. The minimum absolute atomic E-state index is 0.147. The standard InChI is InChI=1S/C14H19N3O3S/c1-14(2,3)20-10(18)5-6-17-8-9-7-15-13(21-4)16-11(9)12(17)19/h7H,5-6,8H2,1-4H3. The molecule has 0 saturated carbocycles. The quantitative estimate of drug-likeness (QED) is 0.480. The average molecular weight is 309 g/mol. The summed E-state index contributed by atoms with van der Waals surface area (Å²) in [6.07, 6.45) is 3.72. The van der Waals surface area contributed by atoms with Crippen molar-refractivity contribution in [3.63, 3.8) is 0 Å². The van der Waals surface area contributed by atoms with Gasteiger partial charge in [0, 0.05) is 24.8 Å². The molecule has 21 heavy (non-hydrogen) atoms. The van der Waals surface area contributed by atoms with Crippen LogP contribution in [-0.4, -0.2) is 45.1 Å². The minimum Gasteiger partial charge on any atom is -0.460 e. The summed E-state index contributed by atoms with van der Waals surface area (Å²) in [5, 5.41) is 0.580. The summed E-state index contributed by atoms with van der Waals surface area (Å²) in [6, 6.07) is 0. The van der Waals surface area contributed by atoms with Crippen LogP contribution in [0.1, 0.15) is 43.2 Å². The number of hydrogen-bond acceptors (Lipinski definition) is 6. The molecular formula is C14H19N3O3S. The molecule has 0 saturated heterocycles. The molecule has 0 fully saturated rings. The molecule has 0 bridgehead atoms. The molecule has 0 atom stereocenters. The van der Waals surface area contributed by atoms with E-state index in [9.17, 15) is 9.59 Å². The fourth-order valence-electron chi connectivity index (χ4n) is 2.02. The zero-order valence-corrected chi connectivity index (χ0v) is 13.5. The first kappa shape index (κ1) is 15.8. The van der Waals surface area contributed by atoms with Crippen LogP contribution >= 0.6 is 11.8 Å². The van der Waals surface area contributed by atoms with Gasteiger partial charge in [0.1, 0.15) is 11.3 Å². The van der Waals surface area contributed by atoms with Gasteiger partial charge in [-0.25, -0.2) is 9.97 Å². The Labute approximate surface area is 128 Å². The minimum atomic E-state index is -0.506. The van der Waals surface area contributed by atoms with E-state index in [0.717, 1.165) is 5.56 Å². The van der Waals surface area contributed by atoms with E-state index in [1.165, 1.54) is 11.8 Å². The molecule has 114 valence electrons. The molecule has 1 aromatic heterocycles. The van der Waals surface area contributed by atoms with E-state index >= 15 is 0 Å². The van der Waals surface area contributed by atoms with Crippen LogP contribution in [0, 0.1) is 0 Å². The SMILES string of the molecule is CSc1ncc2c(n1)C(=O)N(CCC(=O)OC(C)(C)C)C2. The second kappa shape index (κ2) is 6.01. The molecule has 0 aromatic carbocycles. The first-order chi connectivity index (χ1) is 9.80. The van der Waals surface area contributed by atoms with E-state index in [1.54, 1.807) is 11.1 Å². The van der Waals surface area contributed by atoms with Gasteiger partial charge < -0.3 is 9.64 Å². The Balaban J connectivity index is 1.96. The largest absolute Gasteiger partial charge is 0.460 e. The Morgan fingerprint density at radius 2 is 2.19 bits per heavy atom. The summed E-state index contributed by atoms with van der Waals surface area (Å²) in [6.45, 7) is 6.24. The monoisotopic (exact) mass is 309 g/mol. The Morgan fingerprint density at radius 1 is 1.48 bits per heavy atom. The van der Waals surface area contributed by atoms with Gasteiger partial charge >= 0.3 is 5.97 Å². The topological polar surface area (TPSA) is 72.4 Å². The van der Waals surface area contributed by atoms with Crippen LogP contribution in [0.3, 0.4) is 0 Å². The summed E-state index contributed by atoms with van der Waals surface area (Å²) >= 11 is 1.40. The van der Waals surface area contributed by atoms with Crippen LogP contribution < -0.4 is 0 Å². The van der Waals surface area contributed by atoms with Crippen LogP contribution in [0.4, 0.5) is 0 Å². The third kappa shape index (κ3) is 3.93. The van der Waals surface area contributed by atoms with E-state index in [-0.39, 0.29) is 18.3 Å². The molecule has 2 rings (SSSR count). The van der Waals surface area contributed by atoms with E-state index in [2.05, 4.69) is 9.97 Å². The maximum atomic E-state index is 12.2. The van der Waals surface area contributed by atoms with Crippen molar-refractivity contribution in [2.75, 3.05) is 12.8 Å². The number of carbonyl (C=O) groups is 2. The smallest absolute Gasteiger partial charge is 0.308 e. The third-order valence-corrected chi connectivity index (χ3v) is 3.44. The van der Waals surface area contributed by atoms with Gasteiger partial charge in [-0.1, -0.05) is 11.8 Å². The van der Waals surface area contributed by atoms with Crippen molar-refractivity contribution < 1.29 is 14.3 Å². The lowest BCUT2D eigenvalue weighted by Crippen LogP contribution is -2.30. The number of ether oxygens (including phenoxy) is 1. The molecule has 7 heteroatoms. The van der Waals surface area contributed by atoms with Crippen molar-refractivity contribution in [3.8, 4) is 0 Å². The number of nitrogens with zero attached hydrogens (tertiary/aromatic N) is 3. The van der Waals surface area contributed by atoms with Crippen LogP contribution in [0.15, 0.2) is 11.4 Å². The number of esters is 1.